The molecule has 38 heavy (non-hydrogen) atoms. The summed E-state index contributed by atoms with van der Waals surface area (Å²) in [6.45, 7) is 4.01. The smallest absolute Gasteiger partial charge is 0.416 e. The van der Waals surface area contributed by atoms with Crippen LogP contribution in [0.5, 0.6) is 5.75 Å². The van der Waals surface area contributed by atoms with Crippen LogP contribution in [-0.2, 0) is 20.8 Å². The van der Waals surface area contributed by atoms with E-state index in [0.29, 0.717) is 12.0 Å². The third-order valence-corrected chi connectivity index (χ3v) is 8.14. The highest BCUT2D eigenvalue weighted by atomic mass is 32.2. The van der Waals surface area contributed by atoms with E-state index in [2.05, 4.69) is 11.9 Å². The predicted molar refractivity (Wildman–Crippen MR) is 134 cm³/mol. The number of benzene rings is 2. The number of carbonyl (C=O) groups is 2. The Morgan fingerprint density at radius 1 is 1.18 bits per heavy atom. The van der Waals surface area contributed by atoms with Crippen LogP contribution in [0.2, 0.25) is 0 Å². The number of likely N-dealkylation sites (tertiary alicyclic amines) is 1. The van der Waals surface area contributed by atoms with Crippen LogP contribution < -0.4 is 10.1 Å². The third kappa shape index (κ3) is 5.87. The average Bonchev–Trinajstić information content (AvgIpc) is 3.62. The lowest BCUT2D eigenvalue weighted by Gasteiger charge is -2.28. The Labute approximate surface area is 219 Å². The highest BCUT2D eigenvalue weighted by molar-refractivity contribution is 7.90. The fourth-order valence-electron chi connectivity index (χ4n) is 4.81. The first kappa shape index (κ1) is 27.7. The number of ether oxygens (including phenoxy) is 1. The van der Waals surface area contributed by atoms with Gasteiger partial charge in [-0.05, 0) is 61.4 Å². The normalized spacial score (nSPS) is 20.6. The number of nitrogens with zero attached hydrogens (tertiary/aromatic N) is 1. The van der Waals surface area contributed by atoms with Crippen LogP contribution in [0, 0.1) is 11.8 Å². The standard InChI is InChI=1S/C27H29F3N2O5S/c1-4-16-12-22(32(15-16)26(34)18-6-5-7-20(13-18)38(3,35)36)25(33)31-24(17-8-9-17)21-11-10-19(27(28,29)30)14-23(21)37-2/h4-7,10-11,13-14,16-17,22,24H,1,8-9,12,15H2,2-3H3,(H,31,33)/t16-,22-,24-/m1/s1. The lowest BCUT2D eigenvalue weighted by atomic mass is 9.98. The molecule has 1 aliphatic heterocycles. The molecule has 204 valence electrons. The van der Waals surface area contributed by atoms with Crippen molar-refractivity contribution >= 4 is 21.7 Å². The van der Waals surface area contributed by atoms with Gasteiger partial charge in [-0.3, -0.25) is 9.59 Å². The number of nitrogens with one attached hydrogen (secondary N) is 1. The number of rotatable bonds is 8. The Balaban J connectivity index is 1.61. The lowest BCUT2D eigenvalue weighted by Crippen LogP contribution is -2.47. The average molecular weight is 551 g/mol. The topological polar surface area (TPSA) is 92.8 Å². The van der Waals surface area contributed by atoms with Gasteiger partial charge in [0.15, 0.2) is 9.84 Å². The number of hydrogen-bond acceptors (Lipinski definition) is 5. The van der Waals surface area contributed by atoms with E-state index in [1.807, 2.05) is 0 Å². The van der Waals surface area contributed by atoms with Crippen LogP contribution in [0.3, 0.4) is 0 Å². The van der Waals surface area contributed by atoms with E-state index in [-0.39, 0.29) is 34.6 Å². The van der Waals surface area contributed by atoms with E-state index in [1.165, 1.54) is 42.3 Å². The Morgan fingerprint density at radius 3 is 2.47 bits per heavy atom. The van der Waals surface area contributed by atoms with Gasteiger partial charge in [0.25, 0.3) is 5.91 Å². The van der Waals surface area contributed by atoms with Crippen LogP contribution in [0.25, 0.3) is 0 Å². The number of halogens is 3. The maximum Gasteiger partial charge on any atom is 0.416 e. The molecule has 2 amide bonds. The minimum absolute atomic E-state index is 0.00739. The van der Waals surface area contributed by atoms with Crippen molar-refractivity contribution < 1.29 is 35.9 Å². The van der Waals surface area contributed by atoms with Crippen LogP contribution >= 0.6 is 0 Å². The molecule has 0 spiro atoms. The van der Waals surface area contributed by atoms with Crippen molar-refractivity contribution in [3.05, 3.63) is 71.8 Å². The van der Waals surface area contributed by atoms with Gasteiger partial charge in [-0.1, -0.05) is 18.2 Å². The Bertz CT molecular complexity index is 1350. The molecule has 1 aliphatic carbocycles. The van der Waals surface area contributed by atoms with E-state index in [0.717, 1.165) is 31.2 Å². The van der Waals surface area contributed by atoms with Gasteiger partial charge in [0.2, 0.25) is 5.91 Å². The van der Waals surface area contributed by atoms with Gasteiger partial charge < -0.3 is 15.0 Å². The quantitative estimate of drug-likeness (QED) is 0.492. The third-order valence-electron chi connectivity index (χ3n) is 7.03. The number of carbonyl (C=O) groups excluding carboxylic acids is 2. The van der Waals surface area contributed by atoms with Crippen molar-refractivity contribution in [2.45, 2.75) is 42.4 Å². The molecular weight excluding hydrogens is 521 g/mol. The molecule has 1 N–H and O–H groups in total. The molecule has 0 radical (unpaired) electrons. The van der Waals surface area contributed by atoms with Crippen LogP contribution in [0.15, 0.2) is 60.0 Å². The fourth-order valence-corrected chi connectivity index (χ4v) is 5.48. The first-order valence-corrected chi connectivity index (χ1v) is 14.0. The Morgan fingerprint density at radius 2 is 1.89 bits per heavy atom. The minimum atomic E-state index is -4.54. The molecular formula is C27H29F3N2O5S. The summed E-state index contributed by atoms with van der Waals surface area (Å²) in [6.07, 6.45) is 0.0606. The largest absolute Gasteiger partial charge is 0.496 e. The van der Waals surface area contributed by atoms with Gasteiger partial charge in [0.05, 0.1) is 23.6 Å². The summed E-state index contributed by atoms with van der Waals surface area (Å²) in [5.74, 6) is -1.04. The van der Waals surface area contributed by atoms with Gasteiger partial charge in [0.1, 0.15) is 11.8 Å². The molecule has 1 heterocycles. The van der Waals surface area contributed by atoms with Crippen molar-refractivity contribution in [2.75, 3.05) is 19.9 Å². The highest BCUT2D eigenvalue weighted by Gasteiger charge is 2.42. The van der Waals surface area contributed by atoms with E-state index in [1.54, 1.807) is 6.08 Å². The molecule has 2 aromatic carbocycles. The molecule has 0 unspecified atom stereocenters. The van der Waals surface area contributed by atoms with E-state index < -0.39 is 45.5 Å². The molecule has 2 aliphatic rings. The van der Waals surface area contributed by atoms with Gasteiger partial charge in [-0.25, -0.2) is 8.42 Å². The maximum atomic E-state index is 13.6. The number of hydrogen-bond donors (Lipinski definition) is 1. The van der Waals surface area contributed by atoms with Crippen molar-refractivity contribution in [1.29, 1.82) is 0 Å². The molecule has 0 aromatic heterocycles. The molecule has 4 rings (SSSR count). The van der Waals surface area contributed by atoms with Crippen molar-refractivity contribution in [3.63, 3.8) is 0 Å². The number of amides is 2. The van der Waals surface area contributed by atoms with Crippen molar-refractivity contribution in [1.82, 2.24) is 10.2 Å². The van der Waals surface area contributed by atoms with Crippen LogP contribution in [0.4, 0.5) is 13.2 Å². The Hall–Kier alpha value is -3.34. The van der Waals surface area contributed by atoms with Crippen LogP contribution in [-0.4, -0.2) is 51.1 Å². The zero-order valence-corrected chi connectivity index (χ0v) is 21.8. The summed E-state index contributed by atoms with van der Waals surface area (Å²) < 4.78 is 68.9. The molecule has 1 saturated heterocycles. The summed E-state index contributed by atoms with van der Waals surface area (Å²) >= 11 is 0. The first-order chi connectivity index (χ1) is 17.8. The second kappa shape index (κ2) is 10.4. The van der Waals surface area contributed by atoms with E-state index >= 15 is 0 Å². The molecule has 11 heteroatoms. The zero-order valence-electron chi connectivity index (χ0n) is 21.0. The van der Waals surface area contributed by atoms with Gasteiger partial charge >= 0.3 is 6.18 Å². The summed E-state index contributed by atoms with van der Waals surface area (Å²) in [5, 5.41) is 2.96. The van der Waals surface area contributed by atoms with Crippen molar-refractivity contribution in [3.8, 4) is 5.75 Å². The number of alkyl halides is 3. The highest BCUT2D eigenvalue weighted by Crippen LogP contribution is 2.45. The summed E-state index contributed by atoms with van der Waals surface area (Å²) in [5.41, 5.74) is -0.274. The second-order valence-electron chi connectivity index (χ2n) is 9.78. The van der Waals surface area contributed by atoms with Gasteiger partial charge in [0, 0.05) is 23.9 Å². The summed E-state index contributed by atoms with van der Waals surface area (Å²) in [6, 6.07) is 7.40. The van der Waals surface area contributed by atoms with Gasteiger partial charge in [-0.2, -0.15) is 13.2 Å². The second-order valence-corrected chi connectivity index (χ2v) is 11.8. The molecule has 2 fully saturated rings. The monoisotopic (exact) mass is 550 g/mol. The maximum absolute atomic E-state index is 13.6. The number of sulfone groups is 1. The molecule has 3 atom stereocenters. The molecule has 2 aromatic rings. The fraction of sp³-hybridized carbons (Fsp3) is 0.407. The van der Waals surface area contributed by atoms with Crippen molar-refractivity contribution in [2.24, 2.45) is 11.8 Å². The lowest BCUT2D eigenvalue weighted by molar-refractivity contribution is -0.137. The summed E-state index contributed by atoms with van der Waals surface area (Å²) in [7, 11) is -2.27. The first-order valence-electron chi connectivity index (χ1n) is 12.1. The molecule has 0 bridgehead atoms. The van der Waals surface area contributed by atoms with E-state index in [9.17, 15) is 31.2 Å². The zero-order chi connectivity index (χ0) is 27.8. The minimum Gasteiger partial charge on any atom is -0.496 e. The molecule has 1 saturated carbocycles. The molecule has 7 nitrogen and oxygen atoms in total. The predicted octanol–water partition coefficient (Wildman–Crippen LogP) is 4.40. The van der Waals surface area contributed by atoms with Gasteiger partial charge in [-0.15, -0.1) is 6.58 Å². The summed E-state index contributed by atoms with van der Waals surface area (Å²) in [4.78, 5) is 28.4. The Kier molecular flexibility index (Phi) is 7.60. The number of methoxy groups -OCH3 is 1. The van der Waals surface area contributed by atoms with Crippen LogP contribution in [0.1, 0.15) is 46.8 Å². The SMILES string of the molecule is C=C[C@@H]1C[C@H](C(=O)N[C@@H](c2ccc(C(F)(F)F)cc2OC)C2CC2)N(C(=O)c2cccc(S(C)(=O)=O)c2)C1. The van der Waals surface area contributed by atoms with E-state index in [4.69, 9.17) is 4.74 Å².